The van der Waals surface area contributed by atoms with Crippen LogP contribution in [0.1, 0.15) is 25.3 Å². The van der Waals surface area contributed by atoms with E-state index in [1.54, 1.807) is 6.21 Å². The van der Waals surface area contributed by atoms with E-state index in [1.807, 2.05) is 30.3 Å². The highest BCUT2D eigenvalue weighted by molar-refractivity contribution is 5.90. The Hall–Kier alpha value is -2.16. The first-order valence-electron chi connectivity index (χ1n) is 6.58. The van der Waals surface area contributed by atoms with Crippen molar-refractivity contribution in [3.63, 3.8) is 0 Å². The van der Waals surface area contributed by atoms with Crippen LogP contribution in [0.4, 0.5) is 0 Å². The minimum Gasteiger partial charge on any atom is -0.273 e. The monoisotopic (exact) mass is 254 g/mol. The smallest absolute Gasteiger partial charge is 0.244 e. The first-order chi connectivity index (χ1) is 9.31. The van der Waals surface area contributed by atoms with E-state index in [-0.39, 0.29) is 5.91 Å². The Morgan fingerprint density at radius 1 is 1.21 bits per heavy atom. The average molecular weight is 254 g/mol. The van der Waals surface area contributed by atoms with E-state index in [9.17, 15) is 4.79 Å². The summed E-state index contributed by atoms with van der Waals surface area (Å²) in [6.45, 7) is 2.07. The summed E-state index contributed by atoms with van der Waals surface area (Å²) in [4.78, 5) is 11.8. The molecule has 0 atom stereocenters. The van der Waals surface area contributed by atoms with Crippen LogP contribution in [0.15, 0.2) is 47.6 Å². The van der Waals surface area contributed by atoms with Gasteiger partial charge in [-0.2, -0.15) is 5.10 Å². The topological polar surface area (TPSA) is 41.5 Å². The molecule has 0 fully saturated rings. The number of carbonyl (C=O) groups is 1. The molecular weight excluding hydrogens is 236 g/mol. The maximum absolute atomic E-state index is 11.8. The van der Waals surface area contributed by atoms with Crippen molar-refractivity contribution in [2.75, 3.05) is 0 Å². The Kier molecular flexibility index (Phi) is 4.67. The molecule has 0 aliphatic carbocycles. The van der Waals surface area contributed by atoms with Gasteiger partial charge in [0.2, 0.25) is 5.91 Å². The first kappa shape index (κ1) is 13.3. The summed E-state index contributed by atoms with van der Waals surface area (Å²) < 4.78 is 0. The second kappa shape index (κ2) is 6.69. The fourth-order valence-electron chi connectivity index (χ4n) is 1.97. The number of unbranched alkanes of at least 4 members (excludes halogenated alkanes) is 1. The summed E-state index contributed by atoms with van der Waals surface area (Å²) in [5.74, 6) is -0.0799. The summed E-state index contributed by atoms with van der Waals surface area (Å²) in [7, 11) is 0. The number of nitrogens with zero attached hydrogens (tertiary/aromatic N) is 1. The second-order valence-electron chi connectivity index (χ2n) is 4.45. The predicted octanol–water partition coefficient (Wildman–Crippen LogP) is 3.28. The molecule has 0 spiro atoms. The number of hydrazone groups is 1. The number of nitrogens with one attached hydrogen (secondary N) is 1. The van der Waals surface area contributed by atoms with Gasteiger partial charge in [0.15, 0.2) is 0 Å². The number of amides is 1. The van der Waals surface area contributed by atoms with Crippen molar-refractivity contribution < 1.29 is 4.79 Å². The standard InChI is InChI=1S/C16H18N2O/c1-2-3-11-17-18-16(19)12-14-9-6-8-13-7-4-5-10-15(13)14/h4-11H,2-3,12H2,1H3,(H,18,19)/b17-11+. The minimum atomic E-state index is -0.0799. The Morgan fingerprint density at radius 2 is 2.00 bits per heavy atom. The Balaban J connectivity index is 2.07. The van der Waals surface area contributed by atoms with Gasteiger partial charge in [0, 0.05) is 6.21 Å². The van der Waals surface area contributed by atoms with Gasteiger partial charge in [0.1, 0.15) is 0 Å². The third-order valence-electron chi connectivity index (χ3n) is 2.93. The molecule has 19 heavy (non-hydrogen) atoms. The second-order valence-corrected chi connectivity index (χ2v) is 4.45. The molecule has 2 aromatic rings. The van der Waals surface area contributed by atoms with Crippen molar-refractivity contribution in [2.24, 2.45) is 5.10 Å². The van der Waals surface area contributed by atoms with Gasteiger partial charge in [-0.1, -0.05) is 55.8 Å². The van der Waals surface area contributed by atoms with E-state index in [2.05, 4.69) is 29.6 Å². The number of carbonyl (C=O) groups excluding carboxylic acids is 1. The summed E-state index contributed by atoms with van der Waals surface area (Å²) in [6.07, 6.45) is 4.00. The molecule has 0 saturated carbocycles. The van der Waals surface area contributed by atoms with Crippen LogP contribution in [0.25, 0.3) is 10.8 Å². The SMILES string of the molecule is CCC/C=N/NC(=O)Cc1cccc2ccccc12. The van der Waals surface area contributed by atoms with Gasteiger partial charge in [-0.15, -0.1) is 0 Å². The average Bonchev–Trinajstić information content (AvgIpc) is 2.44. The summed E-state index contributed by atoms with van der Waals surface area (Å²) >= 11 is 0. The largest absolute Gasteiger partial charge is 0.273 e. The zero-order valence-electron chi connectivity index (χ0n) is 11.1. The fourth-order valence-corrected chi connectivity index (χ4v) is 1.97. The van der Waals surface area contributed by atoms with E-state index in [4.69, 9.17) is 0 Å². The zero-order chi connectivity index (χ0) is 13.5. The van der Waals surface area contributed by atoms with Crippen LogP contribution in [-0.2, 0) is 11.2 Å². The summed E-state index contributed by atoms with van der Waals surface area (Å²) in [5.41, 5.74) is 3.59. The fraction of sp³-hybridized carbons (Fsp3) is 0.250. The van der Waals surface area contributed by atoms with E-state index in [1.165, 1.54) is 0 Å². The molecule has 0 aliphatic heterocycles. The number of rotatable bonds is 5. The number of benzene rings is 2. The Labute approximate surface area is 113 Å². The van der Waals surface area contributed by atoms with Crippen LogP contribution in [0.2, 0.25) is 0 Å². The van der Waals surface area contributed by atoms with E-state index in [0.29, 0.717) is 6.42 Å². The third-order valence-corrected chi connectivity index (χ3v) is 2.93. The number of fused-ring (bicyclic) bond motifs is 1. The van der Waals surface area contributed by atoms with Crippen LogP contribution >= 0.6 is 0 Å². The van der Waals surface area contributed by atoms with Gasteiger partial charge in [-0.05, 0) is 22.8 Å². The normalized spacial score (nSPS) is 11.0. The van der Waals surface area contributed by atoms with Crippen LogP contribution < -0.4 is 5.43 Å². The molecular formula is C16H18N2O. The lowest BCUT2D eigenvalue weighted by Gasteiger charge is -2.05. The molecule has 3 nitrogen and oxygen atoms in total. The maximum atomic E-state index is 11.8. The number of hydrogen-bond acceptors (Lipinski definition) is 2. The Morgan fingerprint density at radius 3 is 2.84 bits per heavy atom. The van der Waals surface area contributed by atoms with Crippen LogP contribution in [0.3, 0.4) is 0 Å². The van der Waals surface area contributed by atoms with Gasteiger partial charge < -0.3 is 0 Å². The van der Waals surface area contributed by atoms with Crippen molar-refractivity contribution in [1.82, 2.24) is 5.43 Å². The first-order valence-corrected chi connectivity index (χ1v) is 6.58. The van der Waals surface area contributed by atoms with Gasteiger partial charge in [-0.25, -0.2) is 5.43 Å². The third kappa shape index (κ3) is 3.65. The van der Waals surface area contributed by atoms with E-state index < -0.39 is 0 Å². The van der Waals surface area contributed by atoms with Crippen molar-refractivity contribution in [1.29, 1.82) is 0 Å². The van der Waals surface area contributed by atoms with E-state index in [0.717, 1.165) is 29.2 Å². The highest BCUT2D eigenvalue weighted by Crippen LogP contribution is 2.18. The Bertz CT molecular complexity index is 585. The molecule has 98 valence electrons. The number of hydrogen-bond donors (Lipinski definition) is 1. The zero-order valence-corrected chi connectivity index (χ0v) is 11.1. The lowest BCUT2D eigenvalue weighted by Crippen LogP contribution is -2.19. The molecule has 0 unspecified atom stereocenters. The summed E-state index contributed by atoms with van der Waals surface area (Å²) in [6, 6.07) is 14.1. The van der Waals surface area contributed by atoms with Gasteiger partial charge in [0.25, 0.3) is 0 Å². The highest BCUT2D eigenvalue weighted by atomic mass is 16.2. The molecule has 0 aliphatic rings. The van der Waals surface area contributed by atoms with Crippen molar-refractivity contribution >= 4 is 22.9 Å². The van der Waals surface area contributed by atoms with Gasteiger partial charge in [-0.3, -0.25) is 4.79 Å². The lowest BCUT2D eigenvalue weighted by molar-refractivity contribution is -0.120. The molecule has 0 aromatic heterocycles. The van der Waals surface area contributed by atoms with Crippen LogP contribution in [-0.4, -0.2) is 12.1 Å². The van der Waals surface area contributed by atoms with Crippen molar-refractivity contribution in [3.05, 3.63) is 48.0 Å². The quantitative estimate of drug-likeness (QED) is 0.645. The minimum absolute atomic E-state index is 0.0799. The maximum Gasteiger partial charge on any atom is 0.244 e. The molecule has 0 radical (unpaired) electrons. The summed E-state index contributed by atoms with van der Waals surface area (Å²) in [5, 5.41) is 6.19. The lowest BCUT2D eigenvalue weighted by atomic mass is 10.0. The van der Waals surface area contributed by atoms with Gasteiger partial charge >= 0.3 is 0 Å². The molecule has 2 rings (SSSR count). The highest BCUT2D eigenvalue weighted by Gasteiger charge is 2.05. The van der Waals surface area contributed by atoms with Crippen LogP contribution in [0, 0.1) is 0 Å². The van der Waals surface area contributed by atoms with Crippen LogP contribution in [0.5, 0.6) is 0 Å². The predicted molar refractivity (Wildman–Crippen MR) is 79.2 cm³/mol. The molecule has 3 heteroatoms. The molecule has 0 saturated heterocycles. The molecule has 2 aromatic carbocycles. The van der Waals surface area contributed by atoms with Gasteiger partial charge in [0.05, 0.1) is 6.42 Å². The molecule has 1 amide bonds. The van der Waals surface area contributed by atoms with Crippen molar-refractivity contribution in [2.45, 2.75) is 26.2 Å². The molecule has 0 heterocycles. The molecule has 1 N–H and O–H groups in total. The van der Waals surface area contributed by atoms with E-state index >= 15 is 0 Å². The van der Waals surface area contributed by atoms with Crippen molar-refractivity contribution in [3.8, 4) is 0 Å². The molecule has 0 bridgehead atoms.